The highest BCUT2D eigenvalue weighted by molar-refractivity contribution is 5.79. The maximum absolute atomic E-state index is 14.7. The maximum Gasteiger partial charge on any atom is 0.335 e. The second kappa shape index (κ2) is 18.3. The number of carbonyl (C=O) groups is 3. The van der Waals surface area contributed by atoms with Crippen molar-refractivity contribution in [2.24, 2.45) is 50.2 Å². The van der Waals surface area contributed by atoms with E-state index in [1.165, 1.54) is 5.57 Å². The molecular weight excluding hydrogens is 893 g/mol. The lowest BCUT2D eigenvalue weighted by Gasteiger charge is -2.71. The number of carboxylic acids is 1. The Bertz CT molecular complexity index is 1940. The van der Waals surface area contributed by atoms with Gasteiger partial charge in [-0.1, -0.05) is 60.1 Å². The molecule has 8 rings (SSSR count). The van der Waals surface area contributed by atoms with Crippen molar-refractivity contribution in [3.8, 4) is 0 Å². The standard InChI is InChI=1S/C49H76O19/c1-22(51)63-36-35(58)42(67-38(39(59)60)37(36)66-40-33(56)30(53)25(52)21-62-40)65-29-12-13-46(6)27(45(29,4)5)11-14-48(8)28(46)10-9-23-24-19-44(2,3)15-17-49(24,18-16-47(23,48)7)43(61)68-41-34(57)32(55)31(54)26(20-50)64-41/h9,24-38,40-42,50,52-58H,10-21H2,1-8H3,(H,59,60). The highest BCUT2D eigenvalue weighted by Crippen LogP contribution is 2.76. The molecule has 0 aromatic heterocycles. The van der Waals surface area contributed by atoms with Gasteiger partial charge in [0.15, 0.2) is 24.8 Å². The van der Waals surface area contributed by atoms with E-state index >= 15 is 0 Å². The summed E-state index contributed by atoms with van der Waals surface area (Å²) in [5.74, 6) is -2.71. The lowest BCUT2D eigenvalue weighted by Crippen LogP contribution is -2.67. The summed E-state index contributed by atoms with van der Waals surface area (Å²) in [6, 6.07) is 0. The zero-order valence-corrected chi connectivity index (χ0v) is 40.6. The average molecular weight is 969 g/mol. The van der Waals surface area contributed by atoms with E-state index in [0.29, 0.717) is 25.7 Å². The summed E-state index contributed by atoms with van der Waals surface area (Å²) in [5.41, 5.74) is -0.937. The van der Waals surface area contributed by atoms with Gasteiger partial charge in [0.2, 0.25) is 6.29 Å². The van der Waals surface area contributed by atoms with E-state index in [1.54, 1.807) is 0 Å². The lowest BCUT2D eigenvalue weighted by atomic mass is 9.33. The van der Waals surface area contributed by atoms with Gasteiger partial charge in [0.1, 0.15) is 54.9 Å². The van der Waals surface area contributed by atoms with Crippen LogP contribution in [-0.2, 0) is 47.5 Å². The third-order valence-corrected chi connectivity index (χ3v) is 19.2. The van der Waals surface area contributed by atoms with Crippen LogP contribution in [-0.4, -0.2) is 169 Å². The maximum atomic E-state index is 14.7. The van der Waals surface area contributed by atoms with Gasteiger partial charge in [-0.2, -0.15) is 0 Å². The number of hydrogen-bond acceptors (Lipinski definition) is 18. The van der Waals surface area contributed by atoms with Crippen LogP contribution in [0.15, 0.2) is 11.6 Å². The molecule has 3 heterocycles. The highest BCUT2D eigenvalue weighted by Gasteiger charge is 2.70. The molecule has 3 aliphatic heterocycles. The summed E-state index contributed by atoms with van der Waals surface area (Å²) in [5, 5.41) is 94.5. The van der Waals surface area contributed by atoms with Gasteiger partial charge in [0.05, 0.1) is 24.7 Å². The summed E-state index contributed by atoms with van der Waals surface area (Å²) >= 11 is 0. The molecule has 7 fully saturated rings. The summed E-state index contributed by atoms with van der Waals surface area (Å²) in [6.45, 7) is 15.9. The number of aliphatic carboxylic acids is 1. The third-order valence-electron chi connectivity index (χ3n) is 19.2. The minimum atomic E-state index is -1.87. The largest absolute Gasteiger partial charge is 0.479 e. The van der Waals surface area contributed by atoms with Crippen molar-refractivity contribution in [2.45, 2.75) is 212 Å². The van der Waals surface area contributed by atoms with Crippen LogP contribution in [0, 0.1) is 50.2 Å². The minimum Gasteiger partial charge on any atom is -0.479 e. The van der Waals surface area contributed by atoms with E-state index < -0.39 is 134 Å². The van der Waals surface area contributed by atoms with Crippen molar-refractivity contribution in [3.63, 3.8) is 0 Å². The first kappa shape index (κ1) is 52.0. The summed E-state index contributed by atoms with van der Waals surface area (Å²) in [4.78, 5) is 39.9. The van der Waals surface area contributed by atoms with Crippen LogP contribution >= 0.6 is 0 Å². The van der Waals surface area contributed by atoms with E-state index in [2.05, 4.69) is 54.5 Å². The van der Waals surface area contributed by atoms with Gasteiger partial charge >= 0.3 is 17.9 Å². The van der Waals surface area contributed by atoms with Crippen molar-refractivity contribution in [1.82, 2.24) is 0 Å². The molecule has 22 unspecified atom stereocenters. The SMILES string of the molecule is CC(=O)OC1C(O)C(OC2CCC3(C)C(CCC4(C)C3CC=C3C5CC(C)(C)CCC5(C(=O)OC5OC(CO)C(O)C(O)C5O)CCC34C)C2(C)C)OC(C(=O)O)C1OC1OCC(O)C(O)C1O. The van der Waals surface area contributed by atoms with Gasteiger partial charge in [-0.3, -0.25) is 9.59 Å². The molecule has 8 aliphatic rings. The van der Waals surface area contributed by atoms with E-state index in [9.17, 15) is 60.3 Å². The van der Waals surface area contributed by atoms with Crippen molar-refractivity contribution < 1.29 is 93.5 Å². The number of carboxylic acid groups (broad SMARTS) is 1. The van der Waals surface area contributed by atoms with Gasteiger partial charge in [-0.25, -0.2) is 4.79 Å². The second-order valence-electron chi connectivity index (χ2n) is 23.6. The molecule has 22 atom stereocenters. The van der Waals surface area contributed by atoms with Gasteiger partial charge in [-0.05, 0) is 109 Å². The Hall–Kier alpha value is -2.37. The number of aliphatic hydroxyl groups excluding tert-OH is 8. The molecule has 0 amide bonds. The van der Waals surface area contributed by atoms with E-state index in [0.717, 1.165) is 45.4 Å². The number of hydrogen-bond donors (Lipinski definition) is 9. The number of rotatable bonds is 9. The van der Waals surface area contributed by atoms with Gasteiger partial charge in [-0.15, -0.1) is 0 Å². The zero-order chi connectivity index (χ0) is 49.8. The molecule has 4 saturated carbocycles. The van der Waals surface area contributed by atoms with Crippen LogP contribution in [0.5, 0.6) is 0 Å². The van der Waals surface area contributed by atoms with Crippen LogP contribution in [0.1, 0.15) is 120 Å². The normalized spacial score (nSPS) is 50.8. The fourth-order valence-electron chi connectivity index (χ4n) is 15.0. The molecule has 0 aromatic carbocycles. The molecule has 0 spiro atoms. The molecule has 0 radical (unpaired) electrons. The summed E-state index contributed by atoms with van der Waals surface area (Å²) in [7, 11) is 0. The number of aliphatic hydroxyl groups is 8. The number of allylic oxidation sites excluding steroid dienone is 2. The van der Waals surface area contributed by atoms with Gasteiger partial charge < -0.3 is 79.1 Å². The minimum absolute atomic E-state index is 0.0763. The predicted octanol–water partition coefficient (Wildman–Crippen LogP) is 1.44. The highest BCUT2D eigenvalue weighted by atomic mass is 16.8. The van der Waals surface area contributed by atoms with E-state index in [4.69, 9.17) is 33.2 Å². The summed E-state index contributed by atoms with van der Waals surface area (Å²) in [6.07, 6.45) is -13.9. The van der Waals surface area contributed by atoms with Crippen LogP contribution in [0.2, 0.25) is 0 Å². The number of carbonyl (C=O) groups excluding carboxylic acids is 2. The quantitative estimate of drug-likeness (QED) is 0.0897. The number of fused-ring (bicyclic) bond motifs is 7. The smallest absolute Gasteiger partial charge is 0.335 e. The topological polar surface area (TPSA) is 298 Å². The molecular formula is C49H76O19. The van der Waals surface area contributed by atoms with Crippen LogP contribution < -0.4 is 0 Å². The average Bonchev–Trinajstić information content (AvgIpc) is 3.26. The van der Waals surface area contributed by atoms with Crippen molar-refractivity contribution in [1.29, 1.82) is 0 Å². The molecule has 19 nitrogen and oxygen atoms in total. The first-order valence-corrected chi connectivity index (χ1v) is 24.6. The number of esters is 2. The van der Waals surface area contributed by atoms with Crippen LogP contribution in [0.4, 0.5) is 0 Å². The molecule has 68 heavy (non-hydrogen) atoms. The Kier molecular flexibility index (Phi) is 14.0. The van der Waals surface area contributed by atoms with E-state index in [1.807, 2.05) is 0 Å². The van der Waals surface area contributed by atoms with E-state index in [-0.39, 0.29) is 39.4 Å². The van der Waals surface area contributed by atoms with Gasteiger partial charge in [0.25, 0.3) is 0 Å². The fourth-order valence-corrected chi connectivity index (χ4v) is 15.0. The molecule has 386 valence electrons. The zero-order valence-electron chi connectivity index (χ0n) is 40.6. The Balaban J connectivity index is 1.03. The molecule has 3 saturated heterocycles. The van der Waals surface area contributed by atoms with Crippen molar-refractivity contribution in [2.75, 3.05) is 13.2 Å². The lowest BCUT2D eigenvalue weighted by molar-refractivity contribution is -0.355. The Morgan fingerprint density at radius 1 is 0.706 bits per heavy atom. The molecule has 9 N–H and O–H groups in total. The Morgan fingerprint density at radius 2 is 1.38 bits per heavy atom. The van der Waals surface area contributed by atoms with Crippen LogP contribution in [0.25, 0.3) is 0 Å². The molecule has 0 bridgehead atoms. The van der Waals surface area contributed by atoms with Crippen molar-refractivity contribution in [3.05, 3.63) is 11.6 Å². The summed E-state index contributed by atoms with van der Waals surface area (Å²) < 4.78 is 40.9. The molecule has 0 aromatic rings. The van der Waals surface area contributed by atoms with Crippen molar-refractivity contribution >= 4 is 17.9 Å². The molecule has 19 heteroatoms. The van der Waals surface area contributed by atoms with Gasteiger partial charge in [0, 0.05) is 6.92 Å². The fraction of sp³-hybridized carbons (Fsp3) is 0.898. The predicted molar refractivity (Wildman–Crippen MR) is 234 cm³/mol. The van der Waals surface area contributed by atoms with Crippen LogP contribution in [0.3, 0.4) is 0 Å². The Morgan fingerprint density at radius 3 is 2.04 bits per heavy atom. The third kappa shape index (κ3) is 8.28. The number of ether oxygens (including phenoxy) is 7. The first-order valence-electron chi connectivity index (χ1n) is 24.6. The molecule has 5 aliphatic carbocycles. The second-order valence-corrected chi connectivity index (χ2v) is 23.6. The first-order chi connectivity index (χ1) is 31.7. The Labute approximate surface area is 397 Å². The monoisotopic (exact) mass is 968 g/mol.